The third-order valence-corrected chi connectivity index (χ3v) is 5.80. The van der Waals surface area contributed by atoms with Crippen LogP contribution in [0.15, 0.2) is 35.5 Å². The van der Waals surface area contributed by atoms with E-state index in [9.17, 15) is 22.7 Å². The first-order chi connectivity index (χ1) is 13.7. The third kappa shape index (κ3) is 5.31. The van der Waals surface area contributed by atoms with Crippen LogP contribution in [0.1, 0.15) is 19.3 Å². The standard InChI is InChI=1S/C18H22FN5O4S/c1-29(27,28)13-5-6-15(14(19)8-13)23-17-9-16(21-11-22-17)20-10-12-4-2-3-7-24(12)18(25)26/h5-6,8-9,11-12H,2-4,7,10H2,1H3,(H,25,26)(H2,20,21,22,23). The lowest BCUT2D eigenvalue weighted by atomic mass is 10.0. The number of nitrogens with one attached hydrogen (secondary N) is 2. The summed E-state index contributed by atoms with van der Waals surface area (Å²) in [5.74, 6) is 0.0548. The minimum atomic E-state index is -3.50. The Hall–Kier alpha value is -2.95. The number of sulfone groups is 1. The van der Waals surface area contributed by atoms with Gasteiger partial charge in [-0.2, -0.15) is 0 Å². The van der Waals surface area contributed by atoms with Crippen LogP contribution in [0.5, 0.6) is 0 Å². The first kappa shape index (κ1) is 20.8. The molecule has 1 unspecified atom stereocenters. The number of carboxylic acid groups (broad SMARTS) is 1. The van der Waals surface area contributed by atoms with Gasteiger partial charge in [-0.15, -0.1) is 0 Å². The molecule has 2 aromatic rings. The first-order valence-electron chi connectivity index (χ1n) is 9.06. The minimum absolute atomic E-state index is 0.0754. The van der Waals surface area contributed by atoms with Gasteiger partial charge in [0.2, 0.25) is 0 Å². The molecule has 1 atom stereocenters. The van der Waals surface area contributed by atoms with Crippen molar-refractivity contribution in [2.24, 2.45) is 0 Å². The van der Waals surface area contributed by atoms with Gasteiger partial charge in [-0.25, -0.2) is 27.6 Å². The van der Waals surface area contributed by atoms with Gasteiger partial charge in [0.15, 0.2) is 9.84 Å². The number of amides is 1. The SMILES string of the molecule is CS(=O)(=O)c1ccc(Nc2cc(NCC3CCCCN3C(=O)O)ncn2)c(F)c1. The highest BCUT2D eigenvalue weighted by Crippen LogP contribution is 2.23. The zero-order valence-corrected chi connectivity index (χ0v) is 16.6. The smallest absolute Gasteiger partial charge is 0.407 e. The molecule has 2 heterocycles. The summed E-state index contributed by atoms with van der Waals surface area (Å²) in [6.45, 7) is 0.918. The van der Waals surface area contributed by atoms with E-state index in [0.717, 1.165) is 31.6 Å². The fourth-order valence-corrected chi connectivity index (χ4v) is 3.81. The molecule has 3 N–H and O–H groups in total. The molecule has 0 saturated carbocycles. The van der Waals surface area contributed by atoms with Crippen molar-refractivity contribution in [1.82, 2.24) is 14.9 Å². The molecular weight excluding hydrogens is 401 g/mol. The third-order valence-electron chi connectivity index (χ3n) is 4.69. The fourth-order valence-electron chi connectivity index (χ4n) is 3.18. The summed E-state index contributed by atoms with van der Waals surface area (Å²) in [7, 11) is -3.50. The normalized spacial score (nSPS) is 17.0. The van der Waals surface area contributed by atoms with Gasteiger partial charge >= 0.3 is 6.09 Å². The molecule has 1 amide bonds. The molecule has 1 aliphatic heterocycles. The summed E-state index contributed by atoms with van der Waals surface area (Å²) in [6.07, 6.45) is 3.96. The summed E-state index contributed by atoms with van der Waals surface area (Å²) in [4.78, 5) is 20.8. The van der Waals surface area contributed by atoms with Crippen LogP contribution in [0.2, 0.25) is 0 Å². The van der Waals surface area contributed by atoms with Crippen LogP contribution in [0, 0.1) is 5.82 Å². The van der Waals surface area contributed by atoms with E-state index in [-0.39, 0.29) is 16.6 Å². The van der Waals surface area contributed by atoms with Gasteiger partial charge in [-0.05, 0) is 37.5 Å². The molecule has 11 heteroatoms. The number of halogens is 1. The monoisotopic (exact) mass is 423 g/mol. The van der Waals surface area contributed by atoms with Gasteiger partial charge in [-0.3, -0.25) is 0 Å². The Balaban J connectivity index is 1.68. The van der Waals surface area contributed by atoms with Crippen LogP contribution in [0.4, 0.5) is 26.5 Å². The number of hydrogen-bond donors (Lipinski definition) is 3. The molecule has 1 aromatic carbocycles. The largest absolute Gasteiger partial charge is 0.465 e. The maximum absolute atomic E-state index is 14.2. The maximum Gasteiger partial charge on any atom is 0.407 e. The number of nitrogens with zero attached hydrogens (tertiary/aromatic N) is 3. The lowest BCUT2D eigenvalue weighted by molar-refractivity contribution is 0.110. The van der Waals surface area contributed by atoms with Crippen LogP contribution < -0.4 is 10.6 Å². The number of hydrogen-bond acceptors (Lipinski definition) is 7. The van der Waals surface area contributed by atoms with E-state index < -0.39 is 21.7 Å². The van der Waals surface area contributed by atoms with E-state index in [1.165, 1.54) is 23.4 Å². The molecule has 1 saturated heterocycles. The van der Waals surface area contributed by atoms with Gasteiger partial charge in [0, 0.05) is 25.4 Å². The minimum Gasteiger partial charge on any atom is -0.465 e. The molecule has 0 spiro atoms. The van der Waals surface area contributed by atoms with E-state index in [2.05, 4.69) is 20.6 Å². The average Bonchev–Trinajstić information content (AvgIpc) is 2.67. The van der Waals surface area contributed by atoms with Crippen LogP contribution in [-0.4, -0.2) is 59.9 Å². The summed E-state index contributed by atoms with van der Waals surface area (Å²) in [5, 5.41) is 15.2. The van der Waals surface area contributed by atoms with Crippen molar-refractivity contribution in [3.8, 4) is 0 Å². The zero-order chi connectivity index (χ0) is 21.0. The Labute approximate surface area is 167 Å². The Kier molecular flexibility index (Phi) is 6.16. The fraction of sp³-hybridized carbons (Fsp3) is 0.389. The van der Waals surface area contributed by atoms with Crippen molar-refractivity contribution in [2.75, 3.05) is 30.0 Å². The van der Waals surface area contributed by atoms with Crippen LogP contribution in [-0.2, 0) is 9.84 Å². The number of rotatable bonds is 6. The van der Waals surface area contributed by atoms with Crippen LogP contribution >= 0.6 is 0 Å². The van der Waals surface area contributed by atoms with Crippen molar-refractivity contribution >= 4 is 33.3 Å². The Morgan fingerprint density at radius 2 is 2.03 bits per heavy atom. The Morgan fingerprint density at radius 3 is 2.72 bits per heavy atom. The number of carbonyl (C=O) groups is 1. The molecule has 0 radical (unpaired) electrons. The van der Waals surface area contributed by atoms with Gasteiger partial charge in [0.05, 0.1) is 16.6 Å². The molecule has 0 aliphatic carbocycles. The van der Waals surface area contributed by atoms with Crippen molar-refractivity contribution in [2.45, 2.75) is 30.2 Å². The second kappa shape index (κ2) is 8.60. The molecule has 0 bridgehead atoms. The number of aromatic nitrogens is 2. The van der Waals surface area contributed by atoms with Crippen LogP contribution in [0.3, 0.4) is 0 Å². The van der Waals surface area contributed by atoms with E-state index in [4.69, 9.17) is 0 Å². The molecule has 3 rings (SSSR count). The summed E-state index contributed by atoms with van der Waals surface area (Å²) >= 11 is 0. The molecule has 29 heavy (non-hydrogen) atoms. The zero-order valence-electron chi connectivity index (χ0n) is 15.8. The molecule has 1 aromatic heterocycles. The number of benzene rings is 1. The van der Waals surface area contributed by atoms with Crippen LogP contribution in [0.25, 0.3) is 0 Å². The predicted molar refractivity (Wildman–Crippen MR) is 106 cm³/mol. The maximum atomic E-state index is 14.2. The lowest BCUT2D eigenvalue weighted by Crippen LogP contribution is -2.46. The number of piperidine rings is 1. The van der Waals surface area contributed by atoms with Crippen molar-refractivity contribution < 1.29 is 22.7 Å². The highest BCUT2D eigenvalue weighted by atomic mass is 32.2. The molecular formula is C18H22FN5O4S. The first-order valence-corrected chi connectivity index (χ1v) is 11.0. The lowest BCUT2D eigenvalue weighted by Gasteiger charge is -2.33. The molecule has 1 aliphatic rings. The molecule has 1 fully saturated rings. The highest BCUT2D eigenvalue weighted by molar-refractivity contribution is 7.90. The van der Waals surface area contributed by atoms with Gasteiger partial charge in [0.25, 0.3) is 0 Å². The van der Waals surface area contributed by atoms with Crippen molar-refractivity contribution in [3.05, 3.63) is 36.4 Å². The average molecular weight is 423 g/mol. The van der Waals surface area contributed by atoms with Gasteiger partial charge in [0.1, 0.15) is 23.8 Å². The number of likely N-dealkylation sites (tertiary alicyclic amines) is 1. The van der Waals surface area contributed by atoms with E-state index in [1.54, 1.807) is 6.07 Å². The summed E-state index contributed by atoms with van der Waals surface area (Å²) < 4.78 is 37.3. The van der Waals surface area contributed by atoms with Crippen molar-refractivity contribution in [1.29, 1.82) is 0 Å². The second-order valence-corrected chi connectivity index (χ2v) is 8.85. The summed E-state index contributed by atoms with van der Waals surface area (Å²) in [5.41, 5.74) is 0.0754. The topological polar surface area (TPSA) is 125 Å². The summed E-state index contributed by atoms with van der Waals surface area (Å²) in [6, 6.07) is 5.01. The van der Waals surface area contributed by atoms with E-state index in [0.29, 0.717) is 24.7 Å². The predicted octanol–water partition coefficient (Wildman–Crippen LogP) is 2.71. The molecule has 156 valence electrons. The van der Waals surface area contributed by atoms with Crippen molar-refractivity contribution in [3.63, 3.8) is 0 Å². The highest BCUT2D eigenvalue weighted by Gasteiger charge is 2.26. The quantitative estimate of drug-likeness (QED) is 0.648. The molecule has 9 nitrogen and oxygen atoms in total. The second-order valence-electron chi connectivity index (χ2n) is 6.83. The Morgan fingerprint density at radius 1 is 1.28 bits per heavy atom. The van der Waals surface area contributed by atoms with E-state index >= 15 is 0 Å². The Bertz CT molecular complexity index is 1000. The number of anilines is 3. The van der Waals surface area contributed by atoms with E-state index in [1.807, 2.05) is 0 Å². The van der Waals surface area contributed by atoms with Gasteiger partial charge < -0.3 is 20.6 Å². The van der Waals surface area contributed by atoms with Gasteiger partial charge in [-0.1, -0.05) is 0 Å².